The van der Waals surface area contributed by atoms with Crippen molar-refractivity contribution < 1.29 is 19.5 Å². The van der Waals surface area contributed by atoms with Gasteiger partial charge in [-0.3, -0.25) is 9.59 Å². The average molecular weight is 347 g/mol. The molecule has 1 aromatic carbocycles. The molecule has 0 spiro atoms. The summed E-state index contributed by atoms with van der Waals surface area (Å²) < 4.78 is 0. The van der Waals surface area contributed by atoms with Crippen LogP contribution in [0.3, 0.4) is 0 Å². The van der Waals surface area contributed by atoms with Gasteiger partial charge in [0.05, 0.1) is 18.3 Å². The van der Waals surface area contributed by atoms with Crippen LogP contribution in [0.15, 0.2) is 30.3 Å². The fourth-order valence-electron chi connectivity index (χ4n) is 2.01. The molecule has 126 valence electrons. The summed E-state index contributed by atoms with van der Waals surface area (Å²) in [5, 5.41) is 14.8. The smallest absolute Gasteiger partial charge is 0.347 e. The highest BCUT2D eigenvalue weighted by atomic mass is 32.1. The Morgan fingerprint density at radius 2 is 1.92 bits per heavy atom. The molecule has 1 heterocycles. The summed E-state index contributed by atoms with van der Waals surface area (Å²) in [6, 6.07) is 8.14. The molecule has 0 aliphatic carbocycles. The Balaban J connectivity index is 1.89. The Hall–Kier alpha value is -2.74. The van der Waals surface area contributed by atoms with Crippen molar-refractivity contribution in [1.82, 2.24) is 15.6 Å². The molecule has 2 amide bonds. The highest BCUT2D eigenvalue weighted by molar-refractivity contribution is 7.13. The number of hydrogen-bond donors (Lipinski definition) is 3. The second-order valence-corrected chi connectivity index (χ2v) is 6.14. The number of aromatic nitrogens is 1. The molecule has 0 saturated carbocycles. The minimum atomic E-state index is -1.04. The molecule has 0 aliphatic rings. The third-order valence-corrected chi connectivity index (χ3v) is 4.53. The van der Waals surface area contributed by atoms with Gasteiger partial charge in [0.25, 0.3) is 5.91 Å². The standard InChI is InChI=1S/C16H17N3O4S/c1-9-13(16(22)23)24-15(19-9)10(2)18-12(20)8-17-14(21)11-6-4-3-5-7-11/h3-7,10H,8H2,1-2H3,(H,17,21)(H,18,20)(H,22,23). The van der Waals surface area contributed by atoms with Gasteiger partial charge in [0.1, 0.15) is 9.88 Å². The first-order valence-electron chi connectivity index (χ1n) is 7.21. The lowest BCUT2D eigenvalue weighted by Crippen LogP contribution is -2.38. The maximum absolute atomic E-state index is 11.9. The van der Waals surface area contributed by atoms with E-state index in [1.165, 1.54) is 0 Å². The highest BCUT2D eigenvalue weighted by Crippen LogP contribution is 2.23. The molecule has 1 atom stereocenters. The van der Waals surface area contributed by atoms with Crippen LogP contribution in [0.2, 0.25) is 0 Å². The maximum atomic E-state index is 11.9. The van der Waals surface area contributed by atoms with E-state index in [1.54, 1.807) is 44.2 Å². The third-order valence-electron chi connectivity index (χ3n) is 3.20. The molecule has 3 N–H and O–H groups in total. The lowest BCUT2D eigenvalue weighted by Gasteiger charge is -2.11. The van der Waals surface area contributed by atoms with E-state index in [0.717, 1.165) is 11.3 Å². The number of aromatic carboxylic acids is 1. The fraction of sp³-hybridized carbons (Fsp3) is 0.250. The molecule has 7 nitrogen and oxygen atoms in total. The zero-order valence-corrected chi connectivity index (χ0v) is 14.0. The zero-order valence-electron chi connectivity index (χ0n) is 13.2. The quantitative estimate of drug-likeness (QED) is 0.738. The lowest BCUT2D eigenvalue weighted by molar-refractivity contribution is -0.120. The molecular formula is C16H17N3O4S. The van der Waals surface area contributed by atoms with Gasteiger partial charge in [0, 0.05) is 5.56 Å². The van der Waals surface area contributed by atoms with Gasteiger partial charge in [-0.15, -0.1) is 11.3 Å². The Morgan fingerprint density at radius 1 is 1.25 bits per heavy atom. The number of nitrogens with zero attached hydrogens (tertiary/aromatic N) is 1. The van der Waals surface area contributed by atoms with Gasteiger partial charge < -0.3 is 15.7 Å². The zero-order chi connectivity index (χ0) is 17.7. The largest absolute Gasteiger partial charge is 0.477 e. The summed E-state index contributed by atoms with van der Waals surface area (Å²) in [7, 11) is 0. The van der Waals surface area contributed by atoms with E-state index in [4.69, 9.17) is 5.11 Å². The van der Waals surface area contributed by atoms with Gasteiger partial charge in [-0.2, -0.15) is 0 Å². The average Bonchev–Trinajstić information content (AvgIpc) is 2.95. The van der Waals surface area contributed by atoms with Gasteiger partial charge in [-0.1, -0.05) is 18.2 Å². The Morgan fingerprint density at radius 3 is 2.50 bits per heavy atom. The number of thiazole rings is 1. The van der Waals surface area contributed by atoms with Crippen molar-refractivity contribution in [2.24, 2.45) is 0 Å². The van der Waals surface area contributed by atoms with Crippen molar-refractivity contribution in [2.75, 3.05) is 6.54 Å². The number of nitrogens with one attached hydrogen (secondary N) is 2. The number of amides is 2. The van der Waals surface area contributed by atoms with Crippen molar-refractivity contribution >= 4 is 29.1 Å². The molecule has 0 radical (unpaired) electrons. The monoisotopic (exact) mass is 347 g/mol. The number of carboxylic acid groups (broad SMARTS) is 1. The predicted molar refractivity (Wildman–Crippen MR) is 89.1 cm³/mol. The van der Waals surface area contributed by atoms with Crippen LogP contribution in [-0.4, -0.2) is 34.4 Å². The highest BCUT2D eigenvalue weighted by Gasteiger charge is 2.19. The number of carboxylic acids is 1. The number of aryl methyl sites for hydroxylation is 1. The van der Waals surface area contributed by atoms with Gasteiger partial charge in [0.15, 0.2) is 0 Å². The van der Waals surface area contributed by atoms with Gasteiger partial charge in [-0.25, -0.2) is 9.78 Å². The number of rotatable bonds is 6. The van der Waals surface area contributed by atoms with Crippen LogP contribution in [-0.2, 0) is 4.79 Å². The number of carbonyl (C=O) groups is 3. The first kappa shape index (κ1) is 17.6. The van der Waals surface area contributed by atoms with E-state index in [1.807, 2.05) is 0 Å². The SMILES string of the molecule is Cc1nc(C(C)NC(=O)CNC(=O)c2ccccc2)sc1C(=O)O. The van der Waals surface area contributed by atoms with E-state index < -0.39 is 12.0 Å². The van der Waals surface area contributed by atoms with Crippen molar-refractivity contribution in [1.29, 1.82) is 0 Å². The van der Waals surface area contributed by atoms with E-state index in [2.05, 4.69) is 15.6 Å². The van der Waals surface area contributed by atoms with Crippen LogP contribution in [0.4, 0.5) is 0 Å². The minimum Gasteiger partial charge on any atom is -0.477 e. The molecule has 24 heavy (non-hydrogen) atoms. The Kier molecular flexibility index (Phi) is 5.64. The second-order valence-electron chi connectivity index (χ2n) is 5.11. The third kappa shape index (κ3) is 4.39. The lowest BCUT2D eigenvalue weighted by atomic mass is 10.2. The number of benzene rings is 1. The topological polar surface area (TPSA) is 108 Å². The van der Waals surface area contributed by atoms with Gasteiger partial charge in [0.2, 0.25) is 5.91 Å². The first-order valence-corrected chi connectivity index (χ1v) is 8.03. The summed E-state index contributed by atoms with van der Waals surface area (Å²) in [6.07, 6.45) is 0. The predicted octanol–water partition coefficient (Wildman–Crippen LogP) is 1.76. The second kappa shape index (κ2) is 7.69. The van der Waals surface area contributed by atoms with E-state index >= 15 is 0 Å². The molecular weight excluding hydrogens is 330 g/mol. The van der Waals surface area contributed by atoms with Crippen LogP contribution in [0, 0.1) is 6.92 Å². The van der Waals surface area contributed by atoms with Crippen molar-refractivity contribution in [2.45, 2.75) is 19.9 Å². The van der Waals surface area contributed by atoms with Crippen LogP contribution in [0.1, 0.15) is 43.7 Å². The fourth-order valence-corrected chi connectivity index (χ4v) is 2.92. The maximum Gasteiger partial charge on any atom is 0.347 e. The van der Waals surface area contributed by atoms with Gasteiger partial charge in [-0.05, 0) is 26.0 Å². The Labute approximate surface area is 142 Å². The molecule has 0 bridgehead atoms. The number of hydrogen-bond acceptors (Lipinski definition) is 5. The van der Waals surface area contributed by atoms with Crippen molar-refractivity contribution in [3.05, 3.63) is 51.5 Å². The van der Waals surface area contributed by atoms with Gasteiger partial charge >= 0.3 is 5.97 Å². The van der Waals surface area contributed by atoms with Crippen LogP contribution < -0.4 is 10.6 Å². The molecule has 0 aliphatic heterocycles. The first-order chi connectivity index (χ1) is 11.4. The van der Waals surface area contributed by atoms with Crippen LogP contribution in [0.5, 0.6) is 0 Å². The van der Waals surface area contributed by atoms with Crippen molar-refractivity contribution in [3.8, 4) is 0 Å². The van der Waals surface area contributed by atoms with E-state index in [0.29, 0.717) is 16.3 Å². The summed E-state index contributed by atoms with van der Waals surface area (Å²) in [5.41, 5.74) is 0.890. The minimum absolute atomic E-state index is 0.156. The summed E-state index contributed by atoms with van der Waals surface area (Å²) in [5.74, 6) is -1.75. The molecule has 2 aromatic rings. The number of carbonyl (C=O) groups excluding carboxylic acids is 2. The van der Waals surface area contributed by atoms with Crippen LogP contribution in [0.25, 0.3) is 0 Å². The molecule has 0 fully saturated rings. The summed E-state index contributed by atoms with van der Waals surface area (Å²) >= 11 is 1.03. The van der Waals surface area contributed by atoms with E-state index in [-0.39, 0.29) is 23.2 Å². The molecule has 2 rings (SSSR count). The summed E-state index contributed by atoms with van der Waals surface area (Å²) in [4.78, 5) is 39.1. The molecule has 1 aromatic heterocycles. The molecule has 8 heteroatoms. The molecule has 1 unspecified atom stereocenters. The van der Waals surface area contributed by atoms with Crippen molar-refractivity contribution in [3.63, 3.8) is 0 Å². The summed E-state index contributed by atoms with van der Waals surface area (Å²) in [6.45, 7) is 3.15. The van der Waals surface area contributed by atoms with E-state index in [9.17, 15) is 14.4 Å². The normalized spacial score (nSPS) is 11.6. The van der Waals surface area contributed by atoms with Crippen LogP contribution >= 0.6 is 11.3 Å². The molecule has 0 saturated heterocycles. The Bertz CT molecular complexity index is 758.